The smallest absolute Gasteiger partial charge is 0.227 e. The molecule has 1 atom stereocenters. The van der Waals surface area contributed by atoms with Gasteiger partial charge >= 0.3 is 0 Å². The third kappa shape index (κ3) is 6.87. The lowest BCUT2D eigenvalue weighted by atomic mass is 10.0. The normalized spacial score (nSPS) is 11.8. The summed E-state index contributed by atoms with van der Waals surface area (Å²) in [6.45, 7) is 4.17. The number of hydrogen-bond donors (Lipinski definition) is 1. The van der Waals surface area contributed by atoms with Crippen LogP contribution in [0.25, 0.3) is 0 Å². The Hall–Kier alpha value is -2.36. The van der Waals surface area contributed by atoms with Crippen LogP contribution in [0.5, 0.6) is 11.5 Å². The first-order valence-corrected chi connectivity index (χ1v) is 9.43. The highest BCUT2D eigenvalue weighted by Gasteiger charge is 2.12. The second-order valence-corrected chi connectivity index (χ2v) is 6.67. The van der Waals surface area contributed by atoms with Gasteiger partial charge in [-0.05, 0) is 55.0 Å². The Morgan fingerprint density at radius 1 is 0.962 bits per heavy atom. The number of carbonyl (C=O) groups excluding carboxylic acids is 1. The zero-order chi connectivity index (χ0) is 18.8. The van der Waals surface area contributed by atoms with Gasteiger partial charge in [-0.1, -0.05) is 46.0 Å². The van der Waals surface area contributed by atoms with Crippen LogP contribution in [0, 0.1) is 11.7 Å². The summed E-state index contributed by atoms with van der Waals surface area (Å²) in [5.41, 5.74) is 0.749. The Labute approximate surface area is 155 Å². The fourth-order valence-electron chi connectivity index (χ4n) is 2.70. The molecule has 0 aromatic heterocycles. The summed E-state index contributed by atoms with van der Waals surface area (Å²) in [6.07, 6.45) is 6.96. The second-order valence-electron chi connectivity index (χ2n) is 6.67. The van der Waals surface area contributed by atoms with Crippen LogP contribution in [0.4, 0.5) is 10.1 Å². The number of carbonyl (C=O) groups is 1. The zero-order valence-corrected chi connectivity index (χ0v) is 15.6. The molecule has 1 amide bonds. The minimum atomic E-state index is -0.296. The van der Waals surface area contributed by atoms with Gasteiger partial charge in [-0.25, -0.2) is 4.39 Å². The van der Waals surface area contributed by atoms with Gasteiger partial charge < -0.3 is 10.1 Å². The molecule has 1 unspecified atom stereocenters. The van der Waals surface area contributed by atoms with Crippen molar-refractivity contribution < 1.29 is 13.9 Å². The number of hydrogen-bond acceptors (Lipinski definition) is 2. The zero-order valence-electron chi connectivity index (χ0n) is 15.6. The summed E-state index contributed by atoms with van der Waals surface area (Å²) >= 11 is 0. The minimum absolute atomic E-state index is 0.00627. The summed E-state index contributed by atoms with van der Waals surface area (Å²) < 4.78 is 18.5. The van der Waals surface area contributed by atoms with Crippen molar-refractivity contribution >= 4 is 11.6 Å². The number of benzene rings is 2. The molecule has 0 aliphatic heterocycles. The first-order chi connectivity index (χ1) is 12.6. The van der Waals surface area contributed by atoms with Gasteiger partial charge in [-0.2, -0.15) is 0 Å². The monoisotopic (exact) mass is 357 g/mol. The van der Waals surface area contributed by atoms with E-state index in [0.29, 0.717) is 11.5 Å². The molecule has 0 fully saturated rings. The molecule has 2 aromatic carbocycles. The number of ether oxygens (including phenoxy) is 1. The largest absolute Gasteiger partial charge is 0.457 e. The number of anilines is 1. The molecule has 140 valence electrons. The fourth-order valence-corrected chi connectivity index (χ4v) is 2.70. The topological polar surface area (TPSA) is 38.3 Å². The highest BCUT2D eigenvalue weighted by atomic mass is 19.1. The summed E-state index contributed by atoms with van der Waals surface area (Å²) in [5, 5.41) is 2.95. The van der Waals surface area contributed by atoms with E-state index in [4.69, 9.17) is 4.74 Å². The van der Waals surface area contributed by atoms with E-state index in [1.54, 1.807) is 24.3 Å². The molecule has 2 rings (SSSR count). The Kier molecular flexibility index (Phi) is 8.13. The van der Waals surface area contributed by atoms with Crippen molar-refractivity contribution in [3.8, 4) is 11.5 Å². The predicted molar refractivity (Wildman–Crippen MR) is 104 cm³/mol. The average molecular weight is 357 g/mol. The van der Waals surface area contributed by atoms with Crippen LogP contribution in [0.2, 0.25) is 0 Å². The van der Waals surface area contributed by atoms with E-state index in [2.05, 4.69) is 12.2 Å². The summed E-state index contributed by atoms with van der Waals surface area (Å²) in [6, 6.07) is 13.1. The van der Waals surface area contributed by atoms with Gasteiger partial charge in [-0.3, -0.25) is 4.79 Å². The molecule has 0 bridgehead atoms. The quantitative estimate of drug-likeness (QED) is 0.489. The Morgan fingerprint density at radius 3 is 2.15 bits per heavy atom. The van der Waals surface area contributed by atoms with Gasteiger partial charge in [0, 0.05) is 11.6 Å². The third-order valence-corrected chi connectivity index (χ3v) is 4.36. The molecular formula is C22H28FNO2. The maximum atomic E-state index is 12.9. The summed E-state index contributed by atoms with van der Waals surface area (Å²) in [7, 11) is 0. The van der Waals surface area contributed by atoms with Gasteiger partial charge in [0.15, 0.2) is 0 Å². The summed E-state index contributed by atoms with van der Waals surface area (Å²) in [5.74, 6) is 0.966. The highest BCUT2D eigenvalue weighted by molar-refractivity contribution is 5.92. The number of amides is 1. The second kappa shape index (κ2) is 10.6. The lowest BCUT2D eigenvalue weighted by Gasteiger charge is -2.13. The van der Waals surface area contributed by atoms with Crippen molar-refractivity contribution in [2.75, 3.05) is 5.32 Å². The van der Waals surface area contributed by atoms with Crippen molar-refractivity contribution in [3.05, 3.63) is 54.3 Å². The van der Waals surface area contributed by atoms with Crippen LogP contribution in [0.1, 0.15) is 52.4 Å². The lowest BCUT2D eigenvalue weighted by Crippen LogP contribution is -2.20. The van der Waals surface area contributed by atoms with Crippen molar-refractivity contribution in [1.29, 1.82) is 0 Å². The lowest BCUT2D eigenvalue weighted by molar-refractivity contribution is -0.119. The highest BCUT2D eigenvalue weighted by Crippen LogP contribution is 2.23. The molecule has 2 aromatic rings. The maximum absolute atomic E-state index is 12.9. The van der Waals surface area contributed by atoms with Crippen molar-refractivity contribution in [2.24, 2.45) is 5.92 Å². The van der Waals surface area contributed by atoms with Crippen molar-refractivity contribution in [2.45, 2.75) is 52.4 Å². The number of halogens is 1. The Bertz CT molecular complexity index is 668. The molecule has 0 aliphatic rings. The number of unbranched alkanes of at least 4 members (excludes halogenated alkanes) is 4. The van der Waals surface area contributed by atoms with E-state index in [1.165, 1.54) is 37.8 Å². The molecule has 0 heterocycles. The van der Waals surface area contributed by atoms with Gasteiger partial charge in [0.25, 0.3) is 0 Å². The molecule has 0 spiro atoms. The van der Waals surface area contributed by atoms with E-state index in [-0.39, 0.29) is 17.6 Å². The van der Waals surface area contributed by atoms with Gasteiger partial charge in [-0.15, -0.1) is 0 Å². The standard InChI is InChI=1S/C22H28FNO2/c1-3-4-5-6-7-8-17(2)22(25)24-19-11-15-21(16-12-19)26-20-13-9-18(23)10-14-20/h9-17H,3-8H2,1-2H3,(H,24,25). The van der Waals surface area contributed by atoms with E-state index in [0.717, 1.165) is 18.5 Å². The van der Waals surface area contributed by atoms with E-state index in [9.17, 15) is 9.18 Å². The molecule has 4 heteroatoms. The molecule has 1 N–H and O–H groups in total. The van der Waals surface area contributed by atoms with Crippen LogP contribution < -0.4 is 10.1 Å². The SMILES string of the molecule is CCCCCCCC(C)C(=O)Nc1ccc(Oc2ccc(F)cc2)cc1. The van der Waals surface area contributed by atoms with Crippen molar-refractivity contribution in [3.63, 3.8) is 0 Å². The maximum Gasteiger partial charge on any atom is 0.227 e. The van der Waals surface area contributed by atoms with Crippen LogP contribution >= 0.6 is 0 Å². The Balaban J connectivity index is 1.78. The van der Waals surface area contributed by atoms with Gasteiger partial charge in [0.1, 0.15) is 17.3 Å². The average Bonchev–Trinajstić information content (AvgIpc) is 2.65. The molecule has 0 saturated carbocycles. The predicted octanol–water partition coefficient (Wildman–Crippen LogP) is 6.55. The molecule has 0 radical (unpaired) electrons. The third-order valence-electron chi connectivity index (χ3n) is 4.36. The molecule has 0 saturated heterocycles. The first kappa shape index (κ1) is 20.0. The first-order valence-electron chi connectivity index (χ1n) is 9.43. The van der Waals surface area contributed by atoms with Crippen LogP contribution in [-0.4, -0.2) is 5.91 Å². The van der Waals surface area contributed by atoms with E-state index in [1.807, 2.05) is 19.1 Å². The molecule has 3 nitrogen and oxygen atoms in total. The van der Waals surface area contributed by atoms with Crippen molar-refractivity contribution in [1.82, 2.24) is 0 Å². The number of nitrogens with one attached hydrogen (secondary N) is 1. The van der Waals surface area contributed by atoms with Crippen LogP contribution in [-0.2, 0) is 4.79 Å². The Morgan fingerprint density at radius 2 is 1.54 bits per heavy atom. The van der Waals surface area contributed by atoms with Gasteiger partial charge in [0.05, 0.1) is 0 Å². The van der Waals surface area contributed by atoms with E-state index < -0.39 is 0 Å². The molecular weight excluding hydrogens is 329 g/mol. The van der Waals surface area contributed by atoms with Crippen LogP contribution in [0.15, 0.2) is 48.5 Å². The number of rotatable bonds is 10. The summed E-state index contributed by atoms with van der Waals surface area (Å²) in [4.78, 5) is 12.3. The van der Waals surface area contributed by atoms with E-state index >= 15 is 0 Å². The van der Waals surface area contributed by atoms with Crippen LogP contribution in [0.3, 0.4) is 0 Å². The fraction of sp³-hybridized carbons (Fsp3) is 0.409. The molecule has 26 heavy (non-hydrogen) atoms. The molecule has 0 aliphatic carbocycles. The minimum Gasteiger partial charge on any atom is -0.457 e. The van der Waals surface area contributed by atoms with Gasteiger partial charge in [0.2, 0.25) is 5.91 Å².